The Hall–Kier alpha value is -0.770. The number of alkyl carbamates (subject to hydrolysis) is 1. The van der Waals surface area contributed by atoms with Crippen molar-refractivity contribution in [1.82, 2.24) is 5.32 Å². The van der Waals surface area contributed by atoms with E-state index in [1.807, 2.05) is 20.8 Å². The number of nitrogens with one attached hydrogen (secondary N) is 1. The zero-order valence-electron chi connectivity index (χ0n) is 12.0. The lowest BCUT2D eigenvalue weighted by Crippen LogP contribution is -2.39. The molecule has 1 saturated carbocycles. The Kier molecular flexibility index (Phi) is 5.93. The molecule has 1 aliphatic rings. The second kappa shape index (κ2) is 6.98. The van der Waals surface area contributed by atoms with Crippen molar-refractivity contribution in [3.8, 4) is 0 Å². The number of amides is 1. The number of rotatable bonds is 1. The van der Waals surface area contributed by atoms with Crippen molar-refractivity contribution in [1.29, 1.82) is 0 Å². The molecule has 0 heterocycles. The van der Waals surface area contributed by atoms with Gasteiger partial charge in [-0.25, -0.2) is 4.79 Å². The van der Waals surface area contributed by atoms with Crippen LogP contribution in [0.25, 0.3) is 0 Å². The SMILES string of the molecule is CC(C)(C)OC(=O)NC1CCCCC(N)CCC1. The molecule has 1 fully saturated rings. The average molecular weight is 256 g/mol. The van der Waals surface area contributed by atoms with Gasteiger partial charge in [0.25, 0.3) is 0 Å². The molecular formula is C14H28N2O2. The van der Waals surface area contributed by atoms with Crippen LogP contribution < -0.4 is 11.1 Å². The van der Waals surface area contributed by atoms with Gasteiger partial charge in [-0.2, -0.15) is 0 Å². The summed E-state index contributed by atoms with van der Waals surface area (Å²) >= 11 is 0. The minimum atomic E-state index is -0.426. The molecule has 3 N–H and O–H groups in total. The third-order valence-corrected chi connectivity index (χ3v) is 3.23. The monoisotopic (exact) mass is 256 g/mol. The maximum Gasteiger partial charge on any atom is 0.407 e. The standard InChI is InChI=1S/C14H28N2O2/c1-14(2,3)18-13(17)16-12-9-5-4-7-11(15)8-6-10-12/h11-12H,4-10,15H2,1-3H3,(H,16,17). The van der Waals surface area contributed by atoms with E-state index >= 15 is 0 Å². The number of ether oxygens (including phenoxy) is 1. The van der Waals surface area contributed by atoms with Crippen LogP contribution in [0.2, 0.25) is 0 Å². The Bertz CT molecular complexity index is 261. The Labute approximate surface area is 111 Å². The first-order chi connectivity index (χ1) is 8.37. The van der Waals surface area contributed by atoms with Crippen molar-refractivity contribution in [2.75, 3.05) is 0 Å². The van der Waals surface area contributed by atoms with E-state index in [2.05, 4.69) is 5.32 Å². The summed E-state index contributed by atoms with van der Waals surface area (Å²) < 4.78 is 5.29. The minimum Gasteiger partial charge on any atom is -0.444 e. The Morgan fingerprint density at radius 1 is 1.11 bits per heavy atom. The predicted molar refractivity (Wildman–Crippen MR) is 73.5 cm³/mol. The molecule has 1 aliphatic carbocycles. The van der Waals surface area contributed by atoms with Crippen LogP contribution in [0.5, 0.6) is 0 Å². The molecule has 0 aliphatic heterocycles. The van der Waals surface area contributed by atoms with Crippen LogP contribution in [-0.2, 0) is 4.74 Å². The highest BCUT2D eigenvalue weighted by atomic mass is 16.6. The average Bonchev–Trinajstić information content (AvgIpc) is 2.28. The predicted octanol–water partition coefficient (Wildman–Crippen LogP) is 2.95. The summed E-state index contributed by atoms with van der Waals surface area (Å²) in [6.07, 6.45) is 7.30. The summed E-state index contributed by atoms with van der Waals surface area (Å²) in [5.74, 6) is 0. The van der Waals surface area contributed by atoms with E-state index in [0.717, 1.165) is 44.9 Å². The van der Waals surface area contributed by atoms with Crippen LogP contribution in [0.3, 0.4) is 0 Å². The normalized spacial score (nSPS) is 26.7. The van der Waals surface area contributed by atoms with Gasteiger partial charge in [-0.05, 0) is 52.9 Å². The van der Waals surface area contributed by atoms with Gasteiger partial charge in [0, 0.05) is 12.1 Å². The lowest BCUT2D eigenvalue weighted by molar-refractivity contribution is 0.0498. The molecule has 2 atom stereocenters. The molecule has 18 heavy (non-hydrogen) atoms. The Balaban J connectivity index is 2.37. The third kappa shape index (κ3) is 6.84. The Morgan fingerprint density at radius 3 is 2.33 bits per heavy atom. The summed E-state index contributed by atoms with van der Waals surface area (Å²) in [4.78, 5) is 11.7. The van der Waals surface area contributed by atoms with Crippen LogP contribution in [0.4, 0.5) is 4.79 Å². The zero-order valence-corrected chi connectivity index (χ0v) is 12.0. The lowest BCUT2D eigenvalue weighted by atomic mass is 10.1. The molecule has 0 radical (unpaired) electrons. The summed E-state index contributed by atoms with van der Waals surface area (Å²) in [7, 11) is 0. The van der Waals surface area contributed by atoms with Gasteiger partial charge >= 0.3 is 6.09 Å². The molecule has 0 aromatic carbocycles. The number of carbonyl (C=O) groups excluding carboxylic acids is 1. The molecule has 4 nitrogen and oxygen atoms in total. The lowest BCUT2D eigenvalue weighted by Gasteiger charge is -2.23. The van der Waals surface area contributed by atoms with E-state index < -0.39 is 5.60 Å². The maximum atomic E-state index is 11.7. The number of hydrogen-bond acceptors (Lipinski definition) is 3. The second-order valence-corrected chi connectivity index (χ2v) is 6.32. The maximum absolute atomic E-state index is 11.7. The van der Waals surface area contributed by atoms with E-state index in [4.69, 9.17) is 10.5 Å². The fraction of sp³-hybridized carbons (Fsp3) is 0.929. The van der Waals surface area contributed by atoms with Crippen LogP contribution in [0, 0.1) is 0 Å². The molecule has 2 unspecified atom stereocenters. The van der Waals surface area contributed by atoms with Crippen LogP contribution in [0.15, 0.2) is 0 Å². The summed E-state index contributed by atoms with van der Waals surface area (Å²) in [6.45, 7) is 5.65. The van der Waals surface area contributed by atoms with E-state index in [0.29, 0.717) is 6.04 Å². The largest absolute Gasteiger partial charge is 0.444 e. The molecule has 106 valence electrons. The first-order valence-electron chi connectivity index (χ1n) is 7.12. The molecule has 0 saturated heterocycles. The van der Waals surface area contributed by atoms with Gasteiger partial charge in [0.15, 0.2) is 0 Å². The van der Waals surface area contributed by atoms with Gasteiger partial charge < -0.3 is 15.8 Å². The molecule has 0 aromatic rings. The third-order valence-electron chi connectivity index (χ3n) is 3.23. The molecule has 0 spiro atoms. The van der Waals surface area contributed by atoms with Gasteiger partial charge in [0.05, 0.1) is 0 Å². The molecule has 0 bridgehead atoms. The van der Waals surface area contributed by atoms with E-state index in [9.17, 15) is 4.79 Å². The van der Waals surface area contributed by atoms with E-state index in [1.54, 1.807) is 0 Å². The van der Waals surface area contributed by atoms with Crippen LogP contribution in [-0.4, -0.2) is 23.8 Å². The van der Waals surface area contributed by atoms with Crippen molar-refractivity contribution < 1.29 is 9.53 Å². The van der Waals surface area contributed by atoms with Crippen molar-refractivity contribution in [3.63, 3.8) is 0 Å². The zero-order chi connectivity index (χ0) is 13.6. The summed E-state index contributed by atoms with van der Waals surface area (Å²) in [5.41, 5.74) is 5.57. The summed E-state index contributed by atoms with van der Waals surface area (Å²) in [6, 6.07) is 0.579. The highest BCUT2D eigenvalue weighted by Gasteiger charge is 2.20. The molecule has 1 rings (SSSR count). The number of nitrogens with two attached hydrogens (primary N) is 1. The highest BCUT2D eigenvalue weighted by Crippen LogP contribution is 2.17. The van der Waals surface area contributed by atoms with Crippen LogP contribution >= 0.6 is 0 Å². The fourth-order valence-corrected chi connectivity index (χ4v) is 2.33. The first kappa shape index (κ1) is 15.3. The molecule has 4 heteroatoms. The first-order valence-corrected chi connectivity index (χ1v) is 7.12. The van der Waals surface area contributed by atoms with Crippen molar-refractivity contribution in [2.24, 2.45) is 5.73 Å². The second-order valence-electron chi connectivity index (χ2n) is 6.32. The number of hydrogen-bond donors (Lipinski definition) is 2. The van der Waals surface area contributed by atoms with Gasteiger partial charge in [-0.1, -0.05) is 12.8 Å². The van der Waals surface area contributed by atoms with Crippen molar-refractivity contribution in [2.45, 2.75) is 83.4 Å². The smallest absolute Gasteiger partial charge is 0.407 e. The molecular weight excluding hydrogens is 228 g/mol. The number of carbonyl (C=O) groups is 1. The molecule has 1 amide bonds. The summed E-state index contributed by atoms with van der Waals surface area (Å²) in [5, 5.41) is 2.98. The minimum absolute atomic E-state index is 0.241. The van der Waals surface area contributed by atoms with E-state index in [1.165, 1.54) is 0 Å². The Morgan fingerprint density at radius 2 is 1.67 bits per heavy atom. The van der Waals surface area contributed by atoms with E-state index in [-0.39, 0.29) is 12.1 Å². The van der Waals surface area contributed by atoms with Crippen molar-refractivity contribution >= 4 is 6.09 Å². The fourth-order valence-electron chi connectivity index (χ4n) is 2.33. The van der Waals surface area contributed by atoms with Gasteiger partial charge in [0.1, 0.15) is 5.60 Å². The molecule has 0 aromatic heterocycles. The van der Waals surface area contributed by atoms with Gasteiger partial charge in [0.2, 0.25) is 0 Å². The topological polar surface area (TPSA) is 64.3 Å². The van der Waals surface area contributed by atoms with Gasteiger partial charge in [-0.15, -0.1) is 0 Å². The quantitative estimate of drug-likeness (QED) is 0.758. The van der Waals surface area contributed by atoms with Crippen molar-refractivity contribution in [3.05, 3.63) is 0 Å². The van der Waals surface area contributed by atoms with Crippen LogP contribution in [0.1, 0.15) is 65.7 Å². The highest BCUT2D eigenvalue weighted by molar-refractivity contribution is 5.68. The van der Waals surface area contributed by atoms with Gasteiger partial charge in [-0.3, -0.25) is 0 Å².